The van der Waals surface area contributed by atoms with E-state index in [1.807, 2.05) is 23.7 Å². The summed E-state index contributed by atoms with van der Waals surface area (Å²) in [6.07, 6.45) is 8.03. The van der Waals surface area contributed by atoms with E-state index in [0.29, 0.717) is 5.41 Å². The van der Waals surface area contributed by atoms with Crippen LogP contribution in [0.5, 0.6) is 0 Å². The van der Waals surface area contributed by atoms with E-state index in [4.69, 9.17) is 0 Å². The molecule has 0 unspecified atom stereocenters. The van der Waals surface area contributed by atoms with Crippen molar-refractivity contribution in [2.75, 3.05) is 20.1 Å². The Bertz CT molecular complexity index is 643. The fourth-order valence-electron chi connectivity index (χ4n) is 4.00. The molecule has 1 saturated carbocycles. The van der Waals surface area contributed by atoms with Gasteiger partial charge in [0.2, 0.25) is 0 Å². The molecule has 4 nitrogen and oxygen atoms in total. The highest BCUT2D eigenvalue weighted by atomic mass is 32.1. The highest BCUT2D eigenvalue weighted by Gasteiger charge is 2.56. The van der Waals surface area contributed by atoms with Gasteiger partial charge in [-0.05, 0) is 51.7 Å². The lowest BCUT2D eigenvalue weighted by molar-refractivity contribution is 0.140. The van der Waals surface area contributed by atoms with Gasteiger partial charge in [-0.25, -0.2) is 9.97 Å². The molecule has 0 amide bonds. The van der Waals surface area contributed by atoms with Crippen LogP contribution >= 0.6 is 22.7 Å². The predicted octanol–water partition coefficient (Wildman–Crippen LogP) is 3.39. The highest BCUT2D eigenvalue weighted by Crippen LogP contribution is 2.56. The van der Waals surface area contributed by atoms with Crippen LogP contribution in [0.3, 0.4) is 0 Å². The average Bonchev–Trinajstić information content (AvgIpc) is 2.88. The number of rotatable bonds is 5. The first-order valence-corrected chi connectivity index (χ1v) is 10.1. The summed E-state index contributed by atoms with van der Waals surface area (Å²) in [5.74, 6) is 0. The molecule has 0 aromatic carbocycles. The van der Waals surface area contributed by atoms with Crippen molar-refractivity contribution in [2.45, 2.75) is 45.3 Å². The summed E-state index contributed by atoms with van der Waals surface area (Å²) in [4.78, 5) is 15.3. The monoisotopic (exact) mass is 348 g/mol. The first kappa shape index (κ1) is 15.7. The van der Waals surface area contributed by atoms with E-state index in [1.165, 1.54) is 47.2 Å². The molecule has 2 aliphatic rings. The summed E-state index contributed by atoms with van der Waals surface area (Å²) in [6.45, 7) is 6.65. The van der Waals surface area contributed by atoms with Crippen LogP contribution in [0.25, 0.3) is 0 Å². The van der Waals surface area contributed by atoms with Gasteiger partial charge in [0.25, 0.3) is 0 Å². The third-order valence-electron chi connectivity index (χ3n) is 5.45. The van der Waals surface area contributed by atoms with Crippen molar-refractivity contribution in [3.8, 4) is 0 Å². The van der Waals surface area contributed by atoms with Crippen molar-refractivity contribution < 1.29 is 0 Å². The zero-order valence-electron chi connectivity index (χ0n) is 13.9. The predicted molar refractivity (Wildman–Crippen MR) is 95.8 cm³/mol. The van der Waals surface area contributed by atoms with E-state index >= 15 is 0 Å². The molecule has 6 heteroatoms. The zero-order valence-corrected chi connectivity index (χ0v) is 15.5. The van der Waals surface area contributed by atoms with Crippen LogP contribution in [0.2, 0.25) is 0 Å². The fraction of sp³-hybridized carbons (Fsp3) is 0.647. The molecule has 23 heavy (non-hydrogen) atoms. The van der Waals surface area contributed by atoms with E-state index < -0.39 is 0 Å². The van der Waals surface area contributed by atoms with Crippen molar-refractivity contribution in [2.24, 2.45) is 5.41 Å². The van der Waals surface area contributed by atoms with Crippen LogP contribution in [-0.4, -0.2) is 45.9 Å². The van der Waals surface area contributed by atoms with E-state index in [0.717, 1.165) is 19.1 Å². The second kappa shape index (κ2) is 6.24. The maximum absolute atomic E-state index is 4.42. The molecule has 3 heterocycles. The zero-order chi connectivity index (χ0) is 15.9. The van der Waals surface area contributed by atoms with Gasteiger partial charge in [-0.3, -0.25) is 9.80 Å². The van der Waals surface area contributed by atoms with Gasteiger partial charge in [-0.2, -0.15) is 0 Å². The molecule has 4 rings (SSSR count). The minimum atomic E-state index is 0.589. The summed E-state index contributed by atoms with van der Waals surface area (Å²) in [7, 11) is 2.27. The lowest BCUT2D eigenvalue weighted by atomic mass is 9.92. The van der Waals surface area contributed by atoms with Gasteiger partial charge in [-0.15, -0.1) is 22.7 Å². The van der Waals surface area contributed by atoms with Crippen molar-refractivity contribution >= 4 is 22.7 Å². The molecular formula is C17H24N4S2. The second-order valence-corrected chi connectivity index (χ2v) is 9.34. The van der Waals surface area contributed by atoms with Gasteiger partial charge in [0.15, 0.2) is 0 Å². The number of piperidine rings is 1. The number of aryl methyl sites for hydroxylation is 1. The number of hydrogen-bond donors (Lipinski definition) is 0. The summed E-state index contributed by atoms with van der Waals surface area (Å²) >= 11 is 3.61. The minimum absolute atomic E-state index is 0.589. The lowest BCUT2D eigenvalue weighted by Crippen LogP contribution is -2.37. The topological polar surface area (TPSA) is 32.3 Å². The molecule has 1 atom stereocenters. The maximum atomic E-state index is 4.42. The van der Waals surface area contributed by atoms with Crippen molar-refractivity contribution in [3.05, 3.63) is 32.7 Å². The molecule has 2 fully saturated rings. The number of hydrogen-bond acceptors (Lipinski definition) is 6. The highest BCUT2D eigenvalue weighted by molar-refractivity contribution is 7.11. The number of likely N-dealkylation sites (tertiary alicyclic amines) is 1. The summed E-state index contributed by atoms with van der Waals surface area (Å²) in [6, 6.07) is 0.763. The molecule has 2 aromatic rings. The molecule has 124 valence electrons. The Morgan fingerprint density at radius 3 is 2.83 bits per heavy atom. The third-order valence-corrected chi connectivity index (χ3v) is 7.11. The Morgan fingerprint density at radius 1 is 1.35 bits per heavy atom. The third kappa shape index (κ3) is 3.36. The van der Waals surface area contributed by atoms with Crippen LogP contribution in [-0.2, 0) is 13.1 Å². The van der Waals surface area contributed by atoms with Gasteiger partial charge in [-0.1, -0.05) is 0 Å². The van der Waals surface area contributed by atoms with Gasteiger partial charge < -0.3 is 0 Å². The lowest BCUT2D eigenvalue weighted by Gasteiger charge is -2.33. The van der Waals surface area contributed by atoms with Crippen LogP contribution in [0.15, 0.2) is 17.8 Å². The summed E-state index contributed by atoms with van der Waals surface area (Å²) in [5.41, 5.74) is 0.589. The summed E-state index contributed by atoms with van der Waals surface area (Å²) in [5, 5.41) is 4.50. The van der Waals surface area contributed by atoms with Crippen molar-refractivity contribution in [3.63, 3.8) is 0 Å². The normalized spacial score (nSPS) is 23.7. The standard InChI is InChI=1S/C17H24N4S2/c1-13-19-10-14(23-13)11-21-6-3-17(4-7-21)9-15(17)20(2)12-16-18-5-8-22-16/h5,8,10,15H,3-4,6-7,9,11-12H2,1-2H3/t15-/m1/s1. The van der Waals surface area contributed by atoms with Crippen LogP contribution in [0.1, 0.15) is 34.2 Å². The molecule has 0 bridgehead atoms. The van der Waals surface area contributed by atoms with E-state index in [-0.39, 0.29) is 0 Å². The molecule has 0 radical (unpaired) electrons. The first-order valence-electron chi connectivity index (χ1n) is 8.37. The Kier molecular flexibility index (Phi) is 4.26. The van der Waals surface area contributed by atoms with E-state index in [9.17, 15) is 0 Å². The average molecular weight is 349 g/mol. The maximum Gasteiger partial charge on any atom is 0.107 e. The van der Waals surface area contributed by atoms with Gasteiger partial charge in [0.05, 0.1) is 11.6 Å². The first-order chi connectivity index (χ1) is 11.1. The van der Waals surface area contributed by atoms with Crippen molar-refractivity contribution in [1.82, 2.24) is 19.8 Å². The van der Waals surface area contributed by atoms with Crippen LogP contribution in [0.4, 0.5) is 0 Å². The molecule has 1 aliphatic heterocycles. The van der Waals surface area contributed by atoms with Crippen LogP contribution in [0, 0.1) is 12.3 Å². The van der Waals surface area contributed by atoms with Gasteiger partial charge >= 0.3 is 0 Å². The number of aromatic nitrogens is 2. The largest absolute Gasteiger partial charge is 0.298 e. The Balaban J connectivity index is 1.28. The Labute approximate surface area is 146 Å². The molecule has 2 aromatic heterocycles. The van der Waals surface area contributed by atoms with E-state index in [2.05, 4.69) is 39.1 Å². The Hall–Kier alpha value is -0.820. The summed E-state index contributed by atoms with van der Waals surface area (Å²) < 4.78 is 0. The van der Waals surface area contributed by atoms with Crippen LogP contribution < -0.4 is 0 Å². The minimum Gasteiger partial charge on any atom is -0.298 e. The number of thiazole rings is 2. The second-order valence-electron chi connectivity index (χ2n) is 7.04. The molecule has 0 N–H and O–H groups in total. The quantitative estimate of drug-likeness (QED) is 0.829. The van der Waals surface area contributed by atoms with Crippen molar-refractivity contribution in [1.29, 1.82) is 0 Å². The molecule has 1 spiro atoms. The number of nitrogens with zero attached hydrogens (tertiary/aromatic N) is 4. The smallest absolute Gasteiger partial charge is 0.107 e. The Morgan fingerprint density at radius 2 is 2.17 bits per heavy atom. The molecule has 1 aliphatic carbocycles. The van der Waals surface area contributed by atoms with Gasteiger partial charge in [0, 0.05) is 35.2 Å². The SMILES string of the molecule is Cc1ncc(CN2CCC3(CC2)C[C@H]3N(C)Cc2nccs2)s1. The molecular weight excluding hydrogens is 324 g/mol. The van der Waals surface area contributed by atoms with E-state index in [1.54, 1.807) is 11.3 Å². The fourth-order valence-corrected chi connectivity index (χ4v) is 5.51. The van der Waals surface area contributed by atoms with Gasteiger partial charge in [0.1, 0.15) is 5.01 Å². The molecule has 1 saturated heterocycles.